The first kappa shape index (κ1) is 21.4. The zero-order valence-electron chi connectivity index (χ0n) is 17.1. The van der Waals surface area contributed by atoms with E-state index in [2.05, 4.69) is 15.5 Å². The number of nitrogens with zero attached hydrogens (tertiary/aromatic N) is 2. The van der Waals surface area contributed by atoms with Crippen LogP contribution in [0.3, 0.4) is 0 Å². The van der Waals surface area contributed by atoms with Gasteiger partial charge in [0.15, 0.2) is 0 Å². The maximum atomic E-state index is 13.3. The van der Waals surface area contributed by atoms with Gasteiger partial charge in [-0.3, -0.25) is 9.59 Å². The quantitative estimate of drug-likeness (QED) is 0.611. The van der Waals surface area contributed by atoms with Crippen LogP contribution >= 0.6 is 11.3 Å². The second-order valence-corrected chi connectivity index (χ2v) is 10.7. The topological polar surface area (TPSA) is 112 Å². The van der Waals surface area contributed by atoms with E-state index in [1.54, 1.807) is 6.07 Å². The van der Waals surface area contributed by atoms with Crippen LogP contribution in [-0.4, -0.2) is 41.4 Å². The largest absolute Gasteiger partial charge is 0.324 e. The van der Waals surface area contributed by atoms with Crippen molar-refractivity contribution in [2.75, 3.05) is 11.9 Å². The van der Waals surface area contributed by atoms with Crippen molar-refractivity contribution in [1.29, 1.82) is 0 Å². The van der Waals surface area contributed by atoms with Crippen LogP contribution in [0.15, 0.2) is 51.5 Å². The summed E-state index contributed by atoms with van der Waals surface area (Å²) in [6.07, 6.45) is 1.08. The molecule has 1 saturated heterocycles. The van der Waals surface area contributed by atoms with Crippen LogP contribution in [0.1, 0.15) is 24.0 Å². The predicted molar refractivity (Wildman–Crippen MR) is 120 cm³/mol. The van der Waals surface area contributed by atoms with Crippen molar-refractivity contribution in [3.05, 3.63) is 63.9 Å². The molecule has 3 aromatic rings. The van der Waals surface area contributed by atoms with Crippen molar-refractivity contribution in [1.82, 2.24) is 14.5 Å². The Balaban J connectivity index is 1.58. The normalized spacial score (nSPS) is 17.0. The molecule has 1 aliphatic rings. The minimum atomic E-state index is -3.85. The van der Waals surface area contributed by atoms with Crippen LogP contribution in [0.5, 0.6) is 0 Å². The van der Waals surface area contributed by atoms with Gasteiger partial charge in [-0.2, -0.15) is 9.40 Å². The molecule has 3 heterocycles. The fraction of sp³-hybridized carbons (Fsp3) is 0.286. The van der Waals surface area contributed by atoms with E-state index in [9.17, 15) is 18.0 Å². The number of H-pyrrole nitrogens is 1. The maximum absolute atomic E-state index is 13.3. The van der Waals surface area contributed by atoms with Gasteiger partial charge in [-0.15, -0.1) is 11.3 Å². The van der Waals surface area contributed by atoms with E-state index < -0.39 is 16.1 Å². The molecule has 4 rings (SSSR count). The number of para-hydroxylation sites is 1. The summed E-state index contributed by atoms with van der Waals surface area (Å²) in [6.45, 7) is 4.10. The average molecular weight is 459 g/mol. The fourth-order valence-electron chi connectivity index (χ4n) is 3.70. The van der Waals surface area contributed by atoms with Crippen molar-refractivity contribution >= 4 is 33.0 Å². The highest BCUT2D eigenvalue weighted by molar-refractivity contribution is 7.91. The fourth-order valence-corrected chi connectivity index (χ4v) is 6.76. The summed E-state index contributed by atoms with van der Waals surface area (Å²) >= 11 is 1.06. The highest BCUT2D eigenvalue weighted by Gasteiger charge is 2.40. The van der Waals surface area contributed by atoms with Gasteiger partial charge in [-0.25, -0.2) is 13.5 Å². The van der Waals surface area contributed by atoms with Crippen molar-refractivity contribution in [3.8, 4) is 10.6 Å². The lowest BCUT2D eigenvalue weighted by molar-refractivity contribution is -0.119. The Morgan fingerprint density at radius 2 is 1.90 bits per heavy atom. The minimum absolute atomic E-state index is 0.141. The van der Waals surface area contributed by atoms with E-state index in [0.717, 1.165) is 28.2 Å². The Bertz CT molecular complexity index is 1260. The standard InChI is InChI=1S/C21H22N4O4S2/c1-13-5-3-6-14(2)20(13)22-21(27)16-7-4-12-25(16)31(28,29)19-11-9-17(30-19)15-8-10-18(26)24-23-15/h3,5-6,8-11,16H,4,7,12H2,1-2H3,(H,22,27)(H,24,26)/t16-/m0/s1. The molecule has 1 fully saturated rings. The van der Waals surface area contributed by atoms with Gasteiger partial charge in [0.25, 0.3) is 15.6 Å². The third-order valence-corrected chi connectivity index (χ3v) is 8.79. The Labute approximate surface area is 184 Å². The summed E-state index contributed by atoms with van der Waals surface area (Å²) in [4.78, 5) is 24.8. The van der Waals surface area contributed by atoms with Crippen molar-refractivity contribution < 1.29 is 13.2 Å². The van der Waals surface area contributed by atoms with Gasteiger partial charge < -0.3 is 5.32 Å². The number of thiophene rings is 1. The number of anilines is 1. The number of aromatic amines is 1. The molecule has 0 saturated carbocycles. The highest BCUT2D eigenvalue weighted by atomic mass is 32.2. The van der Waals surface area contributed by atoms with Gasteiger partial charge >= 0.3 is 0 Å². The number of aryl methyl sites for hydroxylation is 2. The molecule has 1 aliphatic heterocycles. The number of nitrogens with one attached hydrogen (secondary N) is 2. The number of sulfonamides is 1. The van der Waals surface area contributed by atoms with E-state index in [1.807, 2.05) is 32.0 Å². The molecule has 8 nitrogen and oxygen atoms in total. The number of rotatable bonds is 5. The predicted octanol–water partition coefficient (Wildman–Crippen LogP) is 2.91. The lowest BCUT2D eigenvalue weighted by Crippen LogP contribution is -2.43. The number of benzene rings is 1. The summed E-state index contributed by atoms with van der Waals surface area (Å²) in [7, 11) is -3.85. The molecule has 0 bridgehead atoms. The first-order valence-electron chi connectivity index (χ1n) is 9.82. The van der Waals surface area contributed by atoms with Crippen LogP contribution in [0, 0.1) is 13.8 Å². The van der Waals surface area contributed by atoms with E-state index in [4.69, 9.17) is 0 Å². The molecule has 0 spiro atoms. The van der Waals surface area contributed by atoms with Gasteiger partial charge in [0.2, 0.25) is 5.91 Å². The lowest BCUT2D eigenvalue weighted by atomic mass is 10.1. The Kier molecular flexibility index (Phi) is 5.78. The molecule has 1 aromatic carbocycles. The Morgan fingerprint density at radius 1 is 1.16 bits per heavy atom. The summed E-state index contributed by atoms with van der Waals surface area (Å²) in [6, 6.07) is 11.0. The van der Waals surface area contributed by atoms with Crippen molar-refractivity contribution in [2.45, 2.75) is 36.9 Å². The summed E-state index contributed by atoms with van der Waals surface area (Å²) in [5.41, 5.74) is 2.73. The minimum Gasteiger partial charge on any atom is -0.324 e. The van der Waals surface area contributed by atoms with Gasteiger partial charge in [0.1, 0.15) is 15.9 Å². The SMILES string of the molecule is Cc1cccc(C)c1NC(=O)[C@@H]1CCCN1S(=O)(=O)c1ccc(-c2ccc(=O)[nH]n2)s1. The third kappa shape index (κ3) is 4.18. The first-order chi connectivity index (χ1) is 14.8. The summed E-state index contributed by atoms with van der Waals surface area (Å²) < 4.78 is 28.0. The maximum Gasteiger partial charge on any atom is 0.264 e. The number of hydrogen-bond donors (Lipinski definition) is 2. The monoisotopic (exact) mass is 458 g/mol. The van der Waals surface area contributed by atoms with Gasteiger partial charge in [-0.05, 0) is 56.0 Å². The summed E-state index contributed by atoms with van der Waals surface area (Å²) in [5, 5.41) is 9.22. The first-order valence-corrected chi connectivity index (χ1v) is 12.1. The number of hydrogen-bond acceptors (Lipinski definition) is 6. The van der Waals surface area contributed by atoms with Crippen LogP contribution in [-0.2, 0) is 14.8 Å². The molecule has 0 radical (unpaired) electrons. The van der Waals surface area contributed by atoms with Crippen LogP contribution in [0.25, 0.3) is 10.6 Å². The Morgan fingerprint density at radius 3 is 2.58 bits per heavy atom. The molecule has 1 amide bonds. The van der Waals surface area contributed by atoms with Crippen LogP contribution < -0.4 is 10.9 Å². The Hall–Kier alpha value is -2.82. The molecule has 10 heteroatoms. The van der Waals surface area contributed by atoms with E-state index in [0.29, 0.717) is 23.4 Å². The molecule has 0 unspecified atom stereocenters. The summed E-state index contributed by atoms with van der Waals surface area (Å²) in [5.74, 6) is -0.322. The number of aromatic nitrogens is 2. The van der Waals surface area contributed by atoms with Crippen molar-refractivity contribution in [3.63, 3.8) is 0 Å². The number of carbonyl (C=O) groups is 1. The van der Waals surface area contributed by atoms with E-state index >= 15 is 0 Å². The number of amides is 1. The smallest absolute Gasteiger partial charge is 0.264 e. The molecule has 2 aromatic heterocycles. The third-order valence-electron chi connectivity index (χ3n) is 5.31. The molecule has 0 aliphatic carbocycles. The molecule has 162 valence electrons. The van der Waals surface area contributed by atoms with Crippen LogP contribution in [0.2, 0.25) is 0 Å². The van der Waals surface area contributed by atoms with Gasteiger partial charge in [0.05, 0.1) is 4.88 Å². The second kappa shape index (κ2) is 8.37. The molecule has 31 heavy (non-hydrogen) atoms. The van der Waals surface area contributed by atoms with Crippen molar-refractivity contribution in [2.24, 2.45) is 0 Å². The molecule has 2 N–H and O–H groups in total. The zero-order chi connectivity index (χ0) is 22.2. The molecular formula is C21H22N4O4S2. The molecule has 1 atom stereocenters. The highest BCUT2D eigenvalue weighted by Crippen LogP contribution is 2.34. The second-order valence-electron chi connectivity index (χ2n) is 7.45. The zero-order valence-corrected chi connectivity index (χ0v) is 18.7. The molecular weight excluding hydrogens is 436 g/mol. The lowest BCUT2D eigenvalue weighted by Gasteiger charge is -2.23. The number of carbonyl (C=O) groups excluding carboxylic acids is 1. The van der Waals surface area contributed by atoms with E-state index in [1.165, 1.54) is 22.5 Å². The van der Waals surface area contributed by atoms with Crippen LogP contribution in [0.4, 0.5) is 5.69 Å². The van der Waals surface area contributed by atoms with E-state index in [-0.39, 0.29) is 22.2 Å². The van der Waals surface area contributed by atoms with Gasteiger partial charge in [-0.1, -0.05) is 18.2 Å². The average Bonchev–Trinajstić information content (AvgIpc) is 3.42. The van der Waals surface area contributed by atoms with Gasteiger partial charge in [0, 0.05) is 18.3 Å².